The molecule has 1 unspecified atom stereocenters. The van der Waals surface area contributed by atoms with E-state index < -0.39 is 5.60 Å². The maximum Gasteiger partial charge on any atom is 0.260 e. The van der Waals surface area contributed by atoms with E-state index in [4.69, 9.17) is 4.74 Å². The van der Waals surface area contributed by atoms with Gasteiger partial charge in [-0.3, -0.25) is 4.79 Å². The molecule has 1 amide bonds. The number of para-hydroxylation sites is 2. The van der Waals surface area contributed by atoms with Crippen LogP contribution in [0.2, 0.25) is 0 Å². The first-order valence-corrected chi connectivity index (χ1v) is 5.89. The van der Waals surface area contributed by atoms with Crippen molar-refractivity contribution in [3.8, 4) is 11.5 Å². The van der Waals surface area contributed by atoms with E-state index in [1.165, 1.54) is 6.07 Å². The van der Waals surface area contributed by atoms with Crippen LogP contribution in [-0.2, 0) is 4.79 Å². The third kappa shape index (κ3) is 2.92. The van der Waals surface area contributed by atoms with Crippen molar-refractivity contribution in [3.63, 3.8) is 0 Å². The number of rotatable bonds is 3. The predicted octanol–water partition coefficient (Wildman–Crippen LogP) is 0.754. The van der Waals surface area contributed by atoms with E-state index in [1.807, 2.05) is 0 Å². The minimum Gasteiger partial charge on any atom is -0.504 e. The normalized spacial score (nSPS) is 23.1. The van der Waals surface area contributed by atoms with E-state index in [0.29, 0.717) is 19.5 Å². The molecular formula is C13H17NO4. The molecule has 0 aliphatic carbocycles. The molecule has 1 aromatic carbocycles. The molecule has 0 radical (unpaired) electrons. The lowest BCUT2D eigenvalue weighted by Gasteiger charge is -2.19. The van der Waals surface area contributed by atoms with Gasteiger partial charge in [0.1, 0.15) is 0 Å². The minimum atomic E-state index is -0.801. The second kappa shape index (κ2) is 4.86. The zero-order valence-electron chi connectivity index (χ0n) is 10.3. The molecule has 0 spiro atoms. The summed E-state index contributed by atoms with van der Waals surface area (Å²) < 4.78 is 5.26. The quantitative estimate of drug-likeness (QED) is 0.832. The Labute approximate surface area is 106 Å². The summed E-state index contributed by atoms with van der Waals surface area (Å²) in [6, 6.07) is 6.51. The maximum atomic E-state index is 11.8. The van der Waals surface area contributed by atoms with Crippen LogP contribution in [-0.4, -0.2) is 46.3 Å². The van der Waals surface area contributed by atoms with E-state index >= 15 is 0 Å². The van der Waals surface area contributed by atoms with E-state index in [0.717, 1.165) is 0 Å². The van der Waals surface area contributed by atoms with Crippen molar-refractivity contribution in [3.05, 3.63) is 24.3 Å². The number of phenols is 1. The number of hydrogen-bond donors (Lipinski definition) is 2. The molecule has 5 nitrogen and oxygen atoms in total. The first-order valence-electron chi connectivity index (χ1n) is 5.89. The number of carbonyl (C=O) groups is 1. The van der Waals surface area contributed by atoms with E-state index in [1.54, 1.807) is 30.0 Å². The van der Waals surface area contributed by atoms with Gasteiger partial charge in [0.15, 0.2) is 18.1 Å². The number of ether oxygens (including phenoxy) is 1. The summed E-state index contributed by atoms with van der Waals surface area (Å²) >= 11 is 0. The van der Waals surface area contributed by atoms with Gasteiger partial charge >= 0.3 is 0 Å². The Bertz CT molecular complexity index is 444. The van der Waals surface area contributed by atoms with Crippen molar-refractivity contribution >= 4 is 5.91 Å². The second-order valence-electron chi connectivity index (χ2n) is 4.82. The molecule has 1 heterocycles. The Morgan fingerprint density at radius 3 is 2.83 bits per heavy atom. The summed E-state index contributed by atoms with van der Waals surface area (Å²) in [4.78, 5) is 13.4. The molecule has 1 atom stereocenters. The number of hydrogen-bond acceptors (Lipinski definition) is 4. The van der Waals surface area contributed by atoms with Crippen LogP contribution in [0.1, 0.15) is 13.3 Å². The number of carbonyl (C=O) groups excluding carboxylic acids is 1. The molecule has 0 bridgehead atoms. The lowest BCUT2D eigenvalue weighted by Crippen LogP contribution is -2.36. The van der Waals surface area contributed by atoms with Crippen LogP contribution in [0.5, 0.6) is 11.5 Å². The molecule has 18 heavy (non-hydrogen) atoms. The molecule has 98 valence electrons. The first-order chi connectivity index (χ1) is 8.48. The molecule has 1 aromatic rings. The highest BCUT2D eigenvalue weighted by molar-refractivity contribution is 5.78. The van der Waals surface area contributed by atoms with Gasteiger partial charge in [0.05, 0.1) is 5.60 Å². The highest BCUT2D eigenvalue weighted by Crippen LogP contribution is 2.25. The SMILES string of the molecule is CC1(O)CCN(C(=O)COc2ccccc2O)C1. The van der Waals surface area contributed by atoms with Gasteiger partial charge in [0.25, 0.3) is 5.91 Å². The maximum absolute atomic E-state index is 11.8. The van der Waals surface area contributed by atoms with Crippen molar-refractivity contribution in [2.75, 3.05) is 19.7 Å². The summed E-state index contributed by atoms with van der Waals surface area (Å²) in [6.07, 6.45) is 0.579. The van der Waals surface area contributed by atoms with Gasteiger partial charge in [0.2, 0.25) is 0 Å². The summed E-state index contributed by atoms with van der Waals surface area (Å²) in [5.74, 6) is 0.117. The average Bonchev–Trinajstić information content (AvgIpc) is 2.68. The van der Waals surface area contributed by atoms with Gasteiger partial charge in [-0.15, -0.1) is 0 Å². The van der Waals surface area contributed by atoms with Crippen molar-refractivity contribution in [2.24, 2.45) is 0 Å². The molecule has 2 rings (SSSR count). The number of β-amino-alcohol motifs (C(OH)–C–C–N with tert-alkyl or cyclic N) is 1. The fourth-order valence-corrected chi connectivity index (χ4v) is 1.97. The molecular weight excluding hydrogens is 234 g/mol. The lowest BCUT2D eigenvalue weighted by molar-refractivity contribution is -0.133. The number of likely N-dealkylation sites (tertiary alicyclic amines) is 1. The zero-order valence-corrected chi connectivity index (χ0v) is 10.3. The minimum absolute atomic E-state index is 0.0127. The topological polar surface area (TPSA) is 70.0 Å². The number of aromatic hydroxyl groups is 1. The lowest BCUT2D eigenvalue weighted by atomic mass is 10.1. The largest absolute Gasteiger partial charge is 0.504 e. The van der Waals surface area contributed by atoms with Crippen LogP contribution >= 0.6 is 0 Å². The first kappa shape index (κ1) is 12.7. The Kier molecular flexibility index (Phi) is 3.43. The van der Waals surface area contributed by atoms with Crippen molar-refractivity contribution in [2.45, 2.75) is 18.9 Å². The van der Waals surface area contributed by atoms with Gasteiger partial charge in [-0.2, -0.15) is 0 Å². The molecule has 1 aliphatic rings. The molecule has 0 aromatic heterocycles. The summed E-state index contributed by atoms with van der Waals surface area (Å²) in [6.45, 7) is 2.45. The fraction of sp³-hybridized carbons (Fsp3) is 0.462. The van der Waals surface area contributed by atoms with Crippen LogP contribution in [0.4, 0.5) is 0 Å². The van der Waals surface area contributed by atoms with Gasteiger partial charge in [-0.1, -0.05) is 12.1 Å². The van der Waals surface area contributed by atoms with Crippen LogP contribution < -0.4 is 4.74 Å². The number of amides is 1. The fourth-order valence-electron chi connectivity index (χ4n) is 1.97. The number of aliphatic hydroxyl groups is 1. The molecule has 2 N–H and O–H groups in total. The van der Waals surface area contributed by atoms with Crippen molar-refractivity contribution < 1.29 is 19.7 Å². The van der Waals surface area contributed by atoms with E-state index in [9.17, 15) is 15.0 Å². The van der Waals surface area contributed by atoms with Gasteiger partial charge in [-0.05, 0) is 25.5 Å². The number of nitrogens with zero attached hydrogens (tertiary/aromatic N) is 1. The Balaban J connectivity index is 1.88. The van der Waals surface area contributed by atoms with Crippen LogP contribution in [0, 0.1) is 0 Å². The Morgan fingerprint density at radius 1 is 1.50 bits per heavy atom. The Morgan fingerprint density at radius 2 is 2.22 bits per heavy atom. The summed E-state index contributed by atoms with van der Waals surface area (Å²) in [7, 11) is 0. The molecule has 0 saturated carbocycles. The van der Waals surface area contributed by atoms with E-state index in [-0.39, 0.29) is 24.0 Å². The smallest absolute Gasteiger partial charge is 0.260 e. The van der Waals surface area contributed by atoms with Crippen molar-refractivity contribution in [1.82, 2.24) is 4.90 Å². The molecule has 5 heteroatoms. The number of phenolic OH excluding ortho intramolecular Hbond substituents is 1. The second-order valence-corrected chi connectivity index (χ2v) is 4.82. The van der Waals surface area contributed by atoms with Gasteiger partial charge in [-0.25, -0.2) is 0 Å². The Hall–Kier alpha value is -1.75. The van der Waals surface area contributed by atoms with Gasteiger partial charge < -0.3 is 19.8 Å². The molecule has 1 aliphatic heterocycles. The standard InChI is InChI=1S/C13H17NO4/c1-13(17)6-7-14(9-13)12(16)8-18-11-5-3-2-4-10(11)15/h2-5,15,17H,6-9H2,1H3. The highest BCUT2D eigenvalue weighted by atomic mass is 16.5. The van der Waals surface area contributed by atoms with Crippen LogP contribution in [0.15, 0.2) is 24.3 Å². The molecule has 1 saturated heterocycles. The monoisotopic (exact) mass is 251 g/mol. The van der Waals surface area contributed by atoms with Crippen LogP contribution in [0.3, 0.4) is 0 Å². The summed E-state index contributed by atoms with van der Waals surface area (Å²) in [5, 5.41) is 19.3. The number of benzene rings is 1. The molecule has 1 fully saturated rings. The van der Waals surface area contributed by atoms with Gasteiger partial charge in [0, 0.05) is 13.1 Å². The highest BCUT2D eigenvalue weighted by Gasteiger charge is 2.33. The van der Waals surface area contributed by atoms with Crippen LogP contribution in [0.25, 0.3) is 0 Å². The van der Waals surface area contributed by atoms with E-state index in [2.05, 4.69) is 0 Å². The summed E-state index contributed by atoms with van der Waals surface area (Å²) in [5.41, 5.74) is -0.801. The zero-order chi connectivity index (χ0) is 13.2. The third-order valence-corrected chi connectivity index (χ3v) is 3.02. The average molecular weight is 251 g/mol. The predicted molar refractivity (Wildman–Crippen MR) is 65.4 cm³/mol. The third-order valence-electron chi connectivity index (χ3n) is 3.02. The van der Waals surface area contributed by atoms with Crippen molar-refractivity contribution in [1.29, 1.82) is 0 Å².